The lowest BCUT2D eigenvalue weighted by molar-refractivity contribution is -0.385. The lowest BCUT2D eigenvalue weighted by Crippen LogP contribution is -1.98. The van der Waals surface area contributed by atoms with Crippen LogP contribution in [0.15, 0.2) is 36.4 Å². The number of carboxylic acid groups (broad SMARTS) is 1. The molecule has 7 heteroatoms. The first-order valence-corrected chi connectivity index (χ1v) is 5.84. The lowest BCUT2D eigenvalue weighted by Gasteiger charge is -2.10. The van der Waals surface area contributed by atoms with Gasteiger partial charge in [-0.25, -0.2) is 9.18 Å². The minimum atomic E-state index is -1.14. The van der Waals surface area contributed by atoms with E-state index >= 15 is 0 Å². The van der Waals surface area contributed by atoms with Gasteiger partial charge in [0.2, 0.25) is 0 Å². The molecule has 0 saturated carbocycles. The van der Waals surface area contributed by atoms with Gasteiger partial charge in [0.1, 0.15) is 5.75 Å². The average molecular weight is 291 g/mol. The van der Waals surface area contributed by atoms with E-state index in [-0.39, 0.29) is 17.1 Å². The number of nitro benzene ring substituents is 1. The Labute approximate surface area is 118 Å². The number of nitrogens with zero attached hydrogens (tertiary/aromatic N) is 1. The lowest BCUT2D eigenvalue weighted by atomic mass is 10.1. The number of carbonyl (C=O) groups is 1. The van der Waals surface area contributed by atoms with Crippen molar-refractivity contribution in [1.82, 2.24) is 0 Å². The molecule has 0 spiro atoms. The van der Waals surface area contributed by atoms with Gasteiger partial charge in [0, 0.05) is 6.07 Å². The zero-order valence-corrected chi connectivity index (χ0v) is 10.9. The van der Waals surface area contributed by atoms with Gasteiger partial charge >= 0.3 is 5.97 Å². The molecule has 2 aromatic rings. The van der Waals surface area contributed by atoms with Gasteiger partial charge in [-0.05, 0) is 30.7 Å². The summed E-state index contributed by atoms with van der Waals surface area (Å²) in [5, 5.41) is 19.4. The van der Waals surface area contributed by atoms with Crippen molar-refractivity contribution < 1.29 is 24.0 Å². The molecule has 0 aromatic heterocycles. The normalized spacial score (nSPS) is 10.2. The van der Waals surface area contributed by atoms with Gasteiger partial charge < -0.3 is 9.84 Å². The number of non-ortho nitro benzene ring substituents is 1. The number of hydrogen-bond acceptors (Lipinski definition) is 4. The first kappa shape index (κ1) is 14.4. The summed E-state index contributed by atoms with van der Waals surface area (Å²) in [4.78, 5) is 20.7. The van der Waals surface area contributed by atoms with Crippen LogP contribution in [0.5, 0.6) is 11.5 Å². The Bertz CT molecular complexity index is 729. The van der Waals surface area contributed by atoms with Crippen molar-refractivity contribution in [3.05, 3.63) is 63.5 Å². The molecule has 0 fully saturated rings. The molecule has 0 heterocycles. The number of benzene rings is 2. The summed E-state index contributed by atoms with van der Waals surface area (Å²) in [6.45, 7) is 1.67. The number of rotatable bonds is 4. The third-order valence-corrected chi connectivity index (χ3v) is 2.78. The summed E-state index contributed by atoms with van der Waals surface area (Å²) in [6.07, 6.45) is 0. The van der Waals surface area contributed by atoms with Gasteiger partial charge in [-0.3, -0.25) is 10.1 Å². The summed E-state index contributed by atoms with van der Waals surface area (Å²) in [5.74, 6) is -2.08. The predicted molar refractivity (Wildman–Crippen MR) is 71.3 cm³/mol. The van der Waals surface area contributed by atoms with Crippen LogP contribution in [0.3, 0.4) is 0 Å². The number of hydrogen-bond donors (Lipinski definition) is 1. The minimum absolute atomic E-state index is 0.00193. The molecule has 21 heavy (non-hydrogen) atoms. The van der Waals surface area contributed by atoms with Crippen molar-refractivity contribution in [2.45, 2.75) is 6.92 Å². The average Bonchev–Trinajstić information content (AvgIpc) is 2.42. The van der Waals surface area contributed by atoms with Gasteiger partial charge in [-0.15, -0.1) is 0 Å². The fraction of sp³-hybridized carbons (Fsp3) is 0.0714. The van der Waals surface area contributed by atoms with Crippen LogP contribution in [0.2, 0.25) is 0 Å². The van der Waals surface area contributed by atoms with Crippen LogP contribution >= 0.6 is 0 Å². The first-order chi connectivity index (χ1) is 9.88. The minimum Gasteiger partial charge on any atom is -0.478 e. The van der Waals surface area contributed by atoms with Crippen LogP contribution in [0.4, 0.5) is 10.1 Å². The topological polar surface area (TPSA) is 89.7 Å². The monoisotopic (exact) mass is 291 g/mol. The summed E-state index contributed by atoms with van der Waals surface area (Å²) in [5.41, 5.74) is 0.214. The Kier molecular flexibility index (Phi) is 3.84. The van der Waals surface area contributed by atoms with Crippen molar-refractivity contribution in [2.75, 3.05) is 0 Å². The van der Waals surface area contributed by atoms with E-state index in [1.165, 1.54) is 18.2 Å². The third-order valence-electron chi connectivity index (χ3n) is 2.78. The summed E-state index contributed by atoms with van der Waals surface area (Å²) < 4.78 is 19.0. The molecular weight excluding hydrogens is 281 g/mol. The zero-order chi connectivity index (χ0) is 15.6. The van der Waals surface area contributed by atoms with Crippen LogP contribution in [0.1, 0.15) is 15.9 Å². The molecule has 0 amide bonds. The molecule has 0 aliphatic heterocycles. The maximum Gasteiger partial charge on any atom is 0.335 e. The Morgan fingerprint density at radius 3 is 2.52 bits per heavy atom. The highest BCUT2D eigenvalue weighted by Gasteiger charge is 2.14. The third kappa shape index (κ3) is 3.14. The molecule has 0 unspecified atom stereocenters. The Balaban J connectivity index is 2.36. The highest BCUT2D eigenvalue weighted by Crippen LogP contribution is 2.30. The fourth-order valence-electron chi connectivity index (χ4n) is 1.65. The molecular formula is C14H10FNO5. The van der Waals surface area contributed by atoms with Crippen molar-refractivity contribution in [1.29, 1.82) is 0 Å². The van der Waals surface area contributed by atoms with Crippen molar-refractivity contribution >= 4 is 11.7 Å². The number of carboxylic acids is 1. The molecule has 6 nitrogen and oxygen atoms in total. The van der Waals surface area contributed by atoms with Crippen molar-refractivity contribution in [3.63, 3.8) is 0 Å². The van der Waals surface area contributed by atoms with E-state index in [9.17, 15) is 19.3 Å². The zero-order valence-electron chi connectivity index (χ0n) is 10.9. The number of aryl methyl sites for hydroxylation is 1. The molecule has 2 aromatic carbocycles. The van der Waals surface area contributed by atoms with E-state index in [0.717, 1.165) is 18.2 Å². The molecule has 0 atom stereocenters. The quantitative estimate of drug-likeness (QED) is 0.687. The largest absolute Gasteiger partial charge is 0.478 e. The molecule has 0 aliphatic carbocycles. The SMILES string of the molecule is Cc1ccc(C(=O)O)cc1Oc1ccc([N+](=O)[O-])cc1F. The Morgan fingerprint density at radius 1 is 1.24 bits per heavy atom. The van der Waals surface area contributed by atoms with E-state index in [1.54, 1.807) is 6.92 Å². The molecule has 0 saturated heterocycles. The molecule has 108 valence electrons. The predicted octanol–water partition coefficient (Wildman–Crippen LogP) is 3.53. The van der Waals surface area contributed by atoms with Gasteiger partial charge in [0.15, 0.2) is 11.6 Å². The number of halogens is 1. The second-order valence-corrected chi connectivity index (χ2v) is 4.26. The smallest absolute Gasteiger partial charge is 0.335 e. The van der Waals surface area contributed by atoms with Gasteiger partial charge in [0.25, 0.3) is 5.69 Å². The van der Waals surface area contributed by atoms with Crippen LogP contribution < -0.4 is 4.74 Å². The van der Waals surface area contributed by atoms with E-state index in [0.29, 0.717) is 5.56 Å². The summed E-state index contributed by atoms with van der Waals surface area (Å²) >= 11 is 0. The van der Waals surface area contributed by atoms with Gasteiger partial charge in [0.05, 0.1) is 16.6 Å². The number of nitro groups is 1. The second-order valence-electron chi connectivity index (χ2n) is 4.26. The molecule has 0 aliphatic rings. The van der Waals surface area contributed by atoms with Crippen LogP contribution in [0.25, 0.3) is 0 Å². The van der Waals surface area contributed by atoms with Gasteiger partial charge in [-0.2, -0.15) is 0 Å². The van der Waals surface area contributed by atoms with Gasteiger partial charge in [-0.1, -0.05) is 6.07 Å². The van der Waals surface area contributed by atoms with E-state index < -0.39 is 22.4 Å². The molecule has 2 rings (SSSR count). The highest BCUT2D eigenvalue weighted by atomic mass is 19.1. The van der Waals surface area contributed by atoms with Crippen molar-refractivity contribution in [2.24, 2.45) is 0 Å². The standard InChI is InChI=1S/C14H10FNO5/c1-8-2-3-9(14(17)18)6-13(8)21-12-5-4-10(16(19)20)7-11(12)15/h2-7H,1H3,(H,17,18). The second kappa shape index (κ2) is 5.58. The summed E-state index contributed by atoms with van der Waals surface area (Å²) in [7, 11) is 0. The number of aromatic carboxylic acids is 1. The maximum absolute atomic E-state index is 13.7. The van der Waals surface area contributed by atoms with Crippen LogP contribution in [-0.2, 0) is 0 Å². The Morgan fingerprint density at radius 2 is 1.95 bits per heavy atom. The van der Waals surface area contributed by atoms with E-state index in [1.807, 2.05) is 0 Å². The van der Waals surface area contributed by atoms with E-state index in [2.05, 4.69) is 0 Å². The fourth-order valence-corrected chi connectivity index (χ4v) is 1.65. The first-order valence-electron chi connectivity index (χ1n) is 5.84. The van der Waals surface area contributed by atoms with E-state index in [4.69, 9.17) is 9.84 Å². The molecule has 1 N–H and O–H groups in total. The van der Waals surface area contributed by atoms with Crippen LogP contribution in [0, 0.1) is 22.9 Å². The maximum atomic E-state index is 13.7. The Hall–Kier alpha value is -2.96. The van der Waals surface area contributed by atoms with Crippen LogP contribution in [-0.4, -0.2) is 16.0 Å². The highest BCUT2D eigenvalue weighted by molar-refractivity contribution is 5.88. The number of ether oxygens (including phenoxy) is 1. The van der Waals surface area contributed by atoms with Crippen molar-refractivity contribution in [3.8, 4) is 11.5 Å². The summed E-state index contributed by atoms with van der Waals surface area (Å²) in [6, 6.07) is 7.16. The molecule has 0 bridgehead atoms. The molecule has 0 radical (unpaired) electrons.